The highest BCUT2D eigenvalue weighted by molar-refractivity contribution is 5.87. The van der Waals surface area contributed by atoms with Gasteiger partial charge in [0.15, 0.2) is 0 Å². The Balaban J connectivity index is 3.49. The SMILES string of the molecule is COC(=O)C(C)=CCNCCCC(C)CO. The third-order valence-corrected chi connectivity index (χ3v) is 2.42. The first-order valence-corrected chi connectivity index (χ1v) is 5.68. The van der Waals surface area contributed by atoms with Crippen LogP contribution in [0.2, 0.25) is 0 Å². The second-order valence-electron chi connectivity index (χ2n) is 4.01. The average Bonchev–Trinajstić information content (AvgIpc) is 2.31. The average molecular weight is 229 g/mol. The zero-order chi connectivity index (χ0) is 12.4. The number of hydrogen-bond acceptors (Lipinski definition) is 4. The summed E-state index contributed by atoms with van der Waals surface area (Å²) < 4.78 is 4.57. The maximum Gasteiger partial charge on any atom is 0.333 e. The first-order valence-electron chi connectivity index (χ1n) is 5.68. The smallest absolute Gasteiger partial charge is 0.333 e. The van der Waals surface area contributed by atoms with Crippen LogP contribution in [0, 0.1) is 5.92 Å². The summed E-state index contributed by atoms with van der Waals surface area (Å²) in [7, 11) is 1.38. The monoisotopic (exact) mass is 229 g/mol. The number of methoxy groups -OCH3 is 1. The molecule has 4 nitrogen and oxygen atoms in total. The van der Waals surface area contributed by atoms with E-state index >= 15 is 0 Å². The second-order valence-corrected chi connectivity index (χ2v) is 4.01. The standard InChI is InChI=1S/C12H23NO3/c1-10(9-14)5-4-7-13-8-6-11(2)12(15)16-3/h6,10,13-14H,4-5,7-9H2,1-3H3. The van der Waals surface area contributed by atoms with Crippen molar-refractivity contribution in [2.45, 2.75) is 26.7 Å². The third kappa shape index (κ3) is 7.43. The molecule has 0 aromatic carbocycles. The van der Waals surface area contributed by atoms with Crippen LogP contribution < -0.4 is 5.32 Å². The summed E-state index contributed by atoms with van der Waals surface area (Å²) in [5.41, 5.74) is 0.624. The summed E-state index contributed by atoms with van der Waals surface area (Å²) in [6.45, 7) is 5.59. The first kappa shape index (κ1) is 15.1. The van der Waals surface area contributed by atoms with Crippen LogP contribution in [0.4, 0.5) is 0 Å². The van der Waals surface area contributed by atoms with Crippen molar-refractivity contribution in [1.29, 1.82) is 0 Å². The fourth-order valence-corrected chi connectivity index (χ4v) is 1.24. The number of nitrogens with one attached hydrogen (secondary N) is 1. The Labute approximate surface area is 97.7 Å². The summed E-state index contributed by atoms with van der Waals surface area (Å²) in [5.74, 6) is 0.0878. The molecule has 16 heavy (non-hydrogen) atoms. The molecule has 0 radical (unpaired) electrons. The van der Waals surface area contributed by atoms with Gasteiger partial charge in [-0.05, 0) is 32.2 Å². The van der Waals surface area contributed by atoms with E-state index in [0.29, 0.717) is 18.0 Å². The lowest BCUT2D eigenvalue weighted by molar-refractivity contribution is -0.136. The van der Waals surface area contributed by atoms with Crippen LogP contribution in [0.5, 0.6) is 0 Å². The molecule has 0 saturated carbocycles. The molecule has 1 unspecified atom stereocenters. The summed E-state index contributed by atoms with van der Waals surface area (Å²) >= 11 is 0. The van der Waals surface area contributed by atoms with E-state index < -0.39 is 0 Å². The van der Waals surface area contributed by atoms with Gasteiger partial charge in [0.1, 0.15) is 0 Å². The van der Waals surface area contributed by atoms with Gasteiger partial charge in [-0.3, -0.25) is 0 Å². The number of ether oxygens (including phenoxy) is 1. The van der Waals surface area contributed by atoms with Crippen molar-refractivity contribution in [3.8, 4) is 0 Å². The Hall–Kier alpha value is -0.870. The van der Waals surface area contributed by atoms with Gasteiger partial charge in [-0.2, -0.15) is 0 Å². The third-order valence-electron chi connectivity index (χ3n) is 2.42. The Morgan fingerprint density at radius 2 is 2.25 bits per heavy atom. The number of esters is 1. The summed E-state index contributed by atoms with van der Waals surface area (Å²) in [4.78, 5) is 11.0. The minimum absolute atomic E-state index is 0.251. The molecule has 0 heterocycles. The van der Waals surface area contributed by atoms with Gasteiger partial charge in [-0.15, -0.1) is 0 Å². The van der Waals surface area contributed by atoms with E-state index in [1.54, 1.807) is 6.92 Å². The van der Waals surface area contributed by atoms with E-state index in [0.717, 1.165) is 19.4 Å². The molecule has 0 amide bonds. The summed E-state index contributed by atoms with van der Waals surface area (Å²) in [6.07, 6.45) is 3.87. The van der Waals surface area contributed by atoms with Gasteiger partial charge in [-0.25, -0.2) is 4.79 Å². The molecule has 0 aliphatic heterocycles. The molecular formula is C12H23NO3. The normalized spacial score (nSPS) is 13.6. The van der Waals surface area contributed by atoms with Crippen molar-refractivity contribution >= 4 is 5.97 Å². The molecule has 2 N–H and O–H groups in total. The molecule has 0 rings (SSSR count). The minimum atomic E-state index is -0.282. The summed E-state index contributed by atoms with van der Waals surface area (Å²) in [5, 5.41) is 12.0. The highest BCUT2D eigenvalue weighted by atomic mass is 16.5. The number of hydrogen-bond donors (Lipinski definition) is 2. The molecule has 0 fully saturated rings. The van der Waals surface area contributed by atoms with E-state index in [2.05, 4.69) is 10.1 Å². The van der Waals surface area contributed by atoms with Crippen molar-refractivity contribution in [2.75, 3.05) is 26.8 Å². The van der Waals surface area contributed by atoms with Gasteiger partial charge < -0.3 is 15.2 Å². The molecule has 1 atom stereocenters. The molecule has 0 aromatic rings. The van der Waals surface area contributed by atoms with Crippen LogP contribution in [-0.4, -0.2) is 37.9 Å². The molecule has 0 bridgehead atoms. The predicted molar refractivity (Wildman–Crippen MR) is 64.1 cm³/mol. The lowest BCUT2D eigenvalue weighted by Crippen LogP contribution is -2.17. The topological polar surface area (TPSA) is 58.6 Å². The Morgan fingerprint density at radius 1 is 1.56 bits per heavy atom. The molecule has 0 aliphatic carbocycles. The molecular weight excluding hydrogens is 206 g/mol. The molecule has 0 aromatic heterocycles. The quantitative estimate of drug-likeness (QED) is 0.372. The van der Waals surface area contributed by atoms with E-state index in [4.69, 9.17) is 5.11 Å². The number of carbonyl (C=O) groups excluding carboxylic acids is 1. The molecule has 4 heteroatoms. The molecule has 94 valence electrons. The number of aliphatic hydroxyl groups excluding tert-OH is 1. The van der Waals surface area contributed by atoms with Crippen molar-refractivity contribution < 1.29 is 14.6 Å². The van der Waals surface area contributed by atoms with E-state index in [9.17, 15) is 4.79 Å². The van der Waals surface area contributed by atoms with E-state index in [-0.39, 0.29) is 12.6 Å². The van der Waals surface area contributed by atoms with Crippen LogP contribution in [0.3, 0.4) is 0 Å². The lowest BCUT2D eigenvalue weighted by Gasteiger charge is -2.07. The van der Waals surface area contributed by atoms with Gasteiger partial charge in [0, 0.05) is 18.7 Å². The second kappa shape index (κ2) is 9.36. The van der Waals surface area contributed by atoms with E-state index in [1.807, 2.05) is 13.0 Å². The first-order chi connectivity index (χ1) is 7.61. The van der Waals surface area contributed by atoms with Crippen LogP contribution in [0.25, 0.3) is 0 Å². The zero-order valence-electron chi connectivity index (χ0n) is 10.5. The Bertz CT molecular complexity index is 226. The highest BCUT2D eigenvalue weighted by Gasteiger charge is 2.01. The van der Waals surface area contributed by atoms with Gasteiger partial charge >= 0.3 is 5.97 Å². The van der Waals surface area contributed by atoms with Gasteiger partial charge in [-0.1, -0.05) is 13.0 Å². The van der Waals surface area contributed by atoms with Crippen molar-refractivity contribution in [3.63, 3.8) is 0 Å². The van der Waals surface area contributed by atoms with Gasteiger partial charge in [0.05, 0.1) is 7.11 Å². The number of aliphatic hydroxyl groups is 1. The lowest BCUT2D eigenvalue weighted by atomic mass is 10.1. The Kier molecular flexibility index (Phi) is 8.85. The fourth-order valence-electron chi connectivity index (χ4n) is 1.24. The maximum absolute atomic E-state index is 11.0. The fraction of sp³-hybridized carbons (Fsp3) is 0.750. The van der Waals surface area contributed by atoms with Crippen LogP contribution in [0.1, 0.15) is 26.7 Å². The van der Waals surface area contributed by atoms with Crippen LogP contribution >= 0.6 is 0 Å². The molecule has 0 aliphatic rings. The van der Waals surface area contributed by atoms with Crippen molar-refractivity contribution in [1.82, 2.24) is 5.32 Å². The van der Waals surface area contributed by atoms with Crippen LogP contribution in [0.15, 0.2) is 11.6 Å². The van der Waals surface area contributed by atoms with E-state index in [1.165, 1.54) is 7.11 Å². The predicted octanol–water partition coefficient (Wildman–Crippen LogP) is 1.10. The number of rotatable bonds is 8. The maximum atomic E-state index is 11.0. The summed E-state index contributed by atoms with van der Waals surface area (Å²) in [6, 6.07) is 0. The molecule has 0 saturated heterocycles. The minimum Gasteiger partial charge on any atom is -0.466 e. The highest BCUT2D eigenvalue weighted by Crippen LogP contribution is 2.02. The van der Waals surface area contributed by atoms with Crippen molar-refractivity contribution in [2.24, 2.45) is 5.92 Å². The largest absolute Gasteiger partial charge is 0.466 e. The van der Waals surface area contributed by atoms with Crippen LogP contribution in [-0.2, 0) is 9.53 Å². The van der Waals surface area contributed by atoms with Gasteiger partial charge in [0.25, 0.3) is 0 Å². The Morgan fingerprint density at radius 3 is 2.81 bits per heavy atom. The zero-order valence-corrected chi connectivity index (χ0v) is 10.5. The van der Waals surface area contributed by atoms with Gasteiger partial charge in [0.2, 0.25) is 0 Å². The molecule has 0 spiro atoms. The van der Waals surface area contributed by atoms with Crippen molar-refractivity contribution in [3.05, 3.63) is 11.6 Å². The number of carbonyl (C=O) groups is 1.